The third-order valence-electron chi connectivity index (χ3n) is 5.93. The second-order valence-corrected chi connectivity index (χ2v) is 8.75. The summed E-state index contributed by atoms with van der Waals surface area (Å²) < 4.78 is 5.16. The quantitative estimate of drug-likeness (QED) is 0.743. The molecule has 4 amide bonds. The second kappa shape index (κ2) is 8.43. The zero-order valence-corrected chi connectivity index (χ0v) is 17.7. The Bertz CT molecular complexity index is 769. The molecule has 7 nitrogen and oxygen atoms in total. The average Bonchev–Trinajstić information content (AvgIpc) is 2.89. The lowest BCUT2D eigenvalue weighted by Crippen LogP contribution is -2.49. The van der Waals surface area contributed by atoms with Gasteiger partial charge in [-0.1, -0.05) is 26.0 Å². The summed E-state index contributed by atoms with van der Waals surface area (Å²) in [5, 5.41) is 2.79. The molecule has 158 valence electrons. The van der Waals surface area contributed by atoms with Gasteiger partial charge in [0.1, 0.15) is 17.8 Å². The Morgan fingerprint density at radius 3 is 2.38 bits per heavy atom. The second-order valence-electron chi connectivity index (χ2n) is 8.75. The SMILES string of the molecule is COc1ccc(CC[C@@]2(C)NC(=O)N(CC(=O)N3C[C@@H](C)C[C@H](C)C3)C2=O)cc1. The summed E-state index contributed by atoms with van der Waals surface area (Å²) in [6.07, 6.45) is 2.19. The number of carbonyl (C=O) groups excluding carboxylic acids is 3. The summed E-state index contributed by atoms with van der Waals surface area (Å²) >= 11 is 0. The summed E-state index contributed by atoms with van der Waals surface area (Å²) in [4.78, 5) is 41.0. The Hall–Kier alpha value is -2.57. The minimum atomic E-state index is -1.00. The molecule has 2 aliphatic rings. The first-order valence-corrected chi connectivity index (χ1v) is 10.3. The molecule has 1 aromatic carbocycles. The van der Waals surface area contributed by atoms with Gasteiger partial charge in [0.25, 0.3) is 5.91 Å². The highest BCUT2D eigenvalue weighted by atomic mass is 16.5. The van der Waals surface area contributed by atoms with E-state index in [4.69, 9.17) is 4.74 Å². The van der Waals surface area contributed by atoms with Gasteiger partial charge in [0.2, 0.25) is 5.91 Å². The highest BCUT2D eigenvalue weighted by Gasteiger charge is 2.48. The van der Waals surface area contributed by atoms with Gasteiger partial charge in [-0.05, 0) is 55.7 Å². The lowest BCUT2D eigenvalue weighted by molar-refractivity contribution is -0.140. The molecule has 29 heavy (non-hydrogen) atoms. The fourth-order valence-electron chi connectivity index (χ4n) is 4.35. The van der Waals surface area contributed by atoms with Crippen LogP contribution in [0.3, 0.4) is 0 Å². The molecule has 2 saturated heterocycles. The van der Waals surface area contributed by atoms with Gasteiger partial charge in [0.15, 0.2) is 0 Å². The number of nitrogens with one attached hydrogen (secondary N) is 1. The minimum Gasteiger partial charge on any atom is -0.497 e. The van der Waals surface area contributed by atoms with Crippen LogP contribution < -0.4 is 10.1 Å². The van der Waals surface area contributed by atoms with Crippen LogP contribution in [0.15, 0.2) is 24.3 Å². The Labute approximate surface area is 172 Å². The fourth-order valence-corrected chi connectivity index (χ4v) is 4.35. The molecule has 0 bridgehead atoms. The Morgan fingerprint density at radius 2 is 1.79 bits per heavy atom. The molecule has 0 aliphatic carbocycles. The van der Waals surface area contributed by atoms with Crippen molar-refractivity contribution in [1.82, 2.24) is 15.1 Å². The lowest BCUT2D eigenvalue weighted by atomic mass is 9.92. The van der Waals surface area contributed by atoms with E-state index in [-0.39, 0.29) is 18.4 Å². The van der Waals surface area contributed by atoms with Crippen LogP contribution in [0.1, 0.15) is 39.2 Å². The largest absolute Gasteiger partial charge is 0.497 e. The van der Waals surface area contributed by atoms with Crippen LogP contribution in [0.25, 0.3) is 0 Å². The minimum absolute atomic E-state index is 0.161. The number of hydrogen-bond donors (Lipinski definition) is 1. The molecule has 0 saturated carbocycles. The zero-order chi connectivity index (χ0) is 21.2. The topological polar surface area (TPSA) is 79.0 Å². The third kappa shape index (κ3) is 4.71. The van der Waals surface area contributed by atoms with Gasteiger partial charge < -0.3 is 15.0 Å². The number of piperidine rings is 1. The van der Waals surface area contributed by atoms with Crippen molar-refractivity contribution < 1.29 is 19.1 Å². The molecule has 0 aromatic heterocycles. The number of amides is 4. The van der Waals surface area contributed by atoms with Gasteiger partial charge in [-0.15, -0.1) is 0 Å². The first kappa shape index (κ1) is 21.1. The normalized spacial score (nSPS) is 27.2. The summed E-state index contributed by atoms with van der Waals surface area (Å²) in [6, 6.07) is 7.15. The number of benzene rings is 1. The number of urea groups is 1. The van der Waals surface area contributed by atoms with Crippen molar-refractivity contribution in [1.29, 1.82) is 0 Å². The van der Waals surface area contributed by atoms with E-state index in [0.29, 0.717) is 37.8 Å². The number of nitrogens with zero attached hydrogens (tertiary/aromatic N) is 2. The van der Waals surface area contributed by atoms with E-state index in [1.54, 1.807) is 18.9 Å². The molecule has 0 unspecified atom stereocenters. The van der Waals surface area contributed by atoms with Crippen molar-refractivity contribution in [2.24, 2.45) is 11.8 Å². The number of rotatable bonds is 6. The summed E-state index contributed by atoms with van der Waals surface area (Å²) in [5.74, 6) is 1.14. The van der Waals surface area contributed by atoms with Crippen LogP contribution in [0.2, 0.25) is 0 Å². The van der Waals surface area contributed by atoms with Crippen LogP contribution in [-0.2, 0) is 16.0 Å². The number of imide groups is 1. The van der Waals surface area contributed by atoms with Crippen LogP contribution in [0.4, 0.5) is 4.79 Å². The summed E-state index contributed by atoms with van der Waals surface area (Å²) in [7, 11) is 1.61. The number of ether oxygens (including phenoxy) is 1. The maximum atomic E-state index is 13.0. The van der Waals surface area contributed by atoms with Gasteiger partial charge in [0, 0.05) is 13.1 Å². The van der Waals surface area contributed by atoms with Gasteiger partial charge in [-0.2, -0.15) is 0 Å². The van der Waals surface area contributed by atoms with E-state index in [1.807, 2.05) is 24.3 Å². The molecule has 2 fully saturated rings. The van der Waals surface area contributed by atoms with Crippen molar-refractivity contribution in [2.75, 3.05) is 26.7 Å². The fraction of sp³-hybridized carbons (Fsp3) is 0.591. The van der Waals surface area contributed by atoms with Gasteiger partial charge in [-0.3, -0.25) is 14.5 Å². The van der Waals surface area contributed by atoms with Crippen molar-refractivity contribution in [3.8, 4) is 5.75 Å². The number of hydrogen-bond acceptors (Lipinski definition) is 4. The van der Waals surface area contributed by atoms with E-state index >= 15 is 0 Å². The molecule has 0 radical (unpaired) electrons. The Kier molecular flexibility index (Phi) is 6.15. The molecule has 0 spiro atoms. The van der Waals surface area contributed by atoms with Crippen LogP contribution >= 0.6 is 0 Å². The van der Waals surface area contributed by atoms with Crippen molar-refractivity contribution in [3.05, 3.63) is 29.8 Å². The van der Waals surface area contributed by atoms with E-state index in [0.717, 1.165) is 22.6 Å². The van der Waals surface area contributed by atoms with E-state index in [1.165, 1.54) is 0 Å². The maximum Gasteiger partial charge on any atom is 0.325 e. The number of likely N-dealkylation sites (tertiary alicyclic amines) is 1. The van der Waals surface area contributed by atoms with Crippen molar-refractivity contribution >= 4 is 17.8 Å². The van der Waals surface area contributed by atoms with Crippen LogP contribution in [0, 0.1) is 11.8 Å². The summed E-state index contributed by atoms with van der Waals surface area (Å²) in [5.41, 5.74) is 0.0552. The number of carbonyl (C=O) groups is 3. The molecule has 3 rings (SSSR count). The Morgan fingerprint density at radius 1 is 1.17 bits per heavy atom. The molecular weight excluding hydrogens is 370 g/mol. The monoisotopic (exact) mass is 401 g/mol. The smallest absolute Gasteiger partial charge is 0.325 e. The zero-order valence-electron chi connectivity index (χ0n) is 17.7. The van der Waals surface area contributed by atoms with Crippen molar-refractivity contribution in [3.63, 3.8) is 0 Å². The average molecular weight is 402 g/mol. The van der Waals surface area contributed by atoms with Crippen molar-refractivity contribution in [2.45, 2.75) is 45.6 Å². The van der Waals surface area contributed by atoms with Gasteiger partial charge in [0.05, 0.1) is 7.11 Å². The van der Waals surface area contributed by atoms with Gasteiger partial charge in [-0.25, -0.2) is 4.79 Å². The lowest BCUT2D eigenvalue weighted by Gasteiger charge is -2.35. The van der Waals surface area contributed by atoms with Crippen LogP contribution in [0.5, 0.6) is 5.75 Å². The predicted molar refractivity (Wildman–Crippen MR) is 109 cm³/mol. The molecule has 7 heteroatoms. The Balaban J connectivity index is 1.61. The number of aryl methyl sites for hydroxylation is 1. The van der Waals surface area contributed by atoms with Gasteiger partial charge >= 0.3 is 6.03 Å². The first-order valence-electron chi connectivity index (χ1n) is 10.3. The number of methoxy groups -OCH3 is 1. The standard InChI is InChI=1S/C22H31N3O4/c1-15-11-16(2)13-24(12-15)19(26)14-25-20(27)22(3,23-21(25)28)10-9-17-5-7-18(29-4)8-6-17/h5-8,15-16H,9-14H2,1-4H3,(H,23,28)/t15-,16-,22+/m0/s1. The molecule has 3 atom stereocenters. The third-order valence-corrected chi connectivity index (χ3v) is 5.93. The molecule has 1 N–H and O–H groups in total. The van der Waals surface area contributed by atoms with E-state index in [9.17, 15) is 14.4 Å². The van der Waals surface area contributed by atoms with E-state index < -0.39 is 11.6 Å². The highest BCUT2D eigenvalue weighted by Crippen LogP contribution is 2.25. The first-order chi connectivity index (χ1) is 13.7. The highest BCUT2D eigenvalue weighted by molar-refractivity contribution is 6.08. The molecule has 2 aliphatic heterocycles. The molecular formula is C22H31N3O4. The van der Waals surface area contributed by atoms with E-state index in [2.05, 4.69) is 19.2 Å². The maximum absolute atomic E-state index is 13.0. The molecule has 1 aromatic rings. The predicted octanol–water partition coefficient (Wildman–Crippen LogP) is 2.44. The molecule has 2 heterocycles. The summed E-state index contributed by atoms with van der Waals surface area (Å²) in [6.45, 7) is 7.15. The van der Waals surface area contributed by atoms with Crippen LogP contribution in [-0.4, -0.2) is 59.9 Å².